The van der Waals surface area contributed by atoms with E-state index in [0.29, 0.717) is 6.04 Å². The zero-order chi connectivity index (χ0) is 11.1. The highest BCUT2D eigenvalue weighted by Gasteiger charge is 2.42. The molecule has 4 nitrogen and oxygen atoms in total. The van der Waals surface area contributed by atoms with Crippen LogP contribution in [0.5, 0.6) is 0 Å². The van der Waals surface area contributed by atoms with Gasteiger partial charge in [-0.3, -0.25) is 10.1 Å². The van der Waals surface area contributed by atoms with Gasteiger partial charge in [0.2, 0.25) is 0 Å². The highest BCUT2D eigenvalue weighted by atomic mass is 16.6. The quantitative estimate of drug-likeness (QED) is 0.656. The van der Waals surface area contributed by atoms with E-state index in [9.17, 15) is 4.79 Å². The Morgan fingerprint density at radius 2 is 2.20 bits per heavy atom. The van der Waals surface area contributed by atoms with E-state index < -0.39 is 5.60 Å². The largest absolute Gasteiger partial charge is 0.459 e. The Morgan fingerprint density at radius 1 is 1.47 bits per heavy atom. The van der Waals surface area contributed by atoms with Crippen molar-refractivity contribution in [1.29, 1.82) is 0 Å². The van der Waals surface area contributed by atoms with Gasteiger partial charge in [0.1, 0.15) is 11.6 Å². The van der Waals surface area contributed by atoms with Gasteiger partial charge in [-0.25, -0.2) is 0 Å². The van der Waals surface area contributed by atoms with Gasteiger partial charge in [-0.1, -0.05) is 0 Å². The minimum Gasteiger partial charge on any atom is -0.459 e. The van der Waals surface area contributed by atoms with Crippen molar-refractivity contribution in [3.63, 3.8) is 0 Å². The molecule has 2 aliphatic heterocycles. The number of rotatable bonds is 1. The molecular weight excluding hydrogens is 194 g/mol. The fourth-order valence-electron chi connectivity index (χ4n) is 2.17. The van der Waals surface area contributed by atoms with E-state index in [1.54, 1.807) is 0 Å². The molecule has 2 rings (SSSR count). The third-order valence-corrected chi connectivity index (χ3v) is 2.78. The molecule has 0 aliphatic carbocycles. The lowest BCUT2D eigenvalue weighted by Crippen LogP contribution is -2.40. The number of fused-ring (bicyclic) bond motifs is 1. The van der Waals surface area contributed by atoms with Crippen molar-refractivity contribution in [2.24, 2.45) is 0 Å². The maximum atomic E-state index is 11.8. The number of nitrogens with one attached hydrogen (secondary N) is 1. The molecular formula is C11H19NO3. The zero-order valence-electron chi connectivity index (χ0n) is 9.58. The van der Waals surface area contributed by atoms with Crippen LogP contribution in [-0.2, 0) is 14.3 Å². The Hall–Kier alpha value is -0.610. The van der Waals surface area contributed by atoms with Gasteiger partial charge >= 0.3 is 5.97 Å². The van der Waals surface area contributed by atoms with Crippen LogP contribution in [0.15, 0.2) is 0 Å². The summed E-state index contributed by atoms with van der Waals surface area (Å²) in [5.41, 5.74) is -0.405. The van der Waals surface area contributed by atoms with E-state index >= 15 is 0 Å². The topological polar surface area (TPSA) is 47.6 Å². The molecule has 2 fully saturated rings. The van der Waals surface area contributed by atoms with Gasteiger partial charge in [-0.2, -0.15) is 0 Å². The highest BCUT2D eigenvalue weighted by molar-refractivity contribution is 5.76. The number of esters is 1. The van der Waals surface area contributed by atoms with Crippen molar-refractivity contribution in [3.8, 4) is 0 Å². The second kappa shape index (κ2) is 3.76. The summed E-state index contributed by atoms with van der Waals surface area (Å²) in [6.07, 6.45) is 1.96. The van der Waals surface area contributed by atoms with Crippen LogP contribution in [0.3, 0.4) is 0 Å². The van der Waals surface area contributed by atoms with Crippen molar-refractivity contribution in [2.75, 3.05) is 6.61 Å². The predicted molar refractivity (Wildman–Crippen MR) is 55.5 cm³/mol. The van der Waals surface area contributed by atoms with Gasteiger partial charge in [0.05, 0.1) is 6.10 Å². The number of carbonyl (C=O) groups excluding carboxylic acids is 1. The Kier molecular flexibility index (Phi) is 2.73. The van der Waals surface area contributed by atoms with Crippen molar-refractivity contribution in [3.05, 3.63) is 0 Å². The molecule has 0 radical (unpaired) electrons. The molecule has 0 spiro atoms. The van der Waals surface area contributed by atoms with Gasteiger partial charge in [0.15, 0.2) is 0 Å². The Bertz CT molecular complexity index is 247. The van der Waals surface area contributed by atoms with Crippen LogP contribution in [-0.4, -0.2) is 36.4 Å². The first-order valence-electron chi connectivity index (χ1n) is 5.56. The molecule has 0 aromatic carbocycles. The van der Waals surface area contributed by atoms with Crippen molar-refractivity contribution >= 4 is 5.97 Å². The molecule has 0 amide bonds. The van der Waals surface area contributed by atoms with Crippen LogP contribution in [0.25, 0.3) is 0 Å². The average molecular weight is 213 g/mol. The first kappa shape index (κ1) is 10.9. The molecule has 86 valence electrons. The van der Waals surface area contributed by atoms with Crippen LogP contribution in [0, 0.1) is 0 Å². The van der Waals surface area contributed by atoms with Gasteiger partial charge in [-0.05, 0) is 27.2 Å². The molecule has 2 aliphatic rings. The van der Waals surface area contributed by atoms with Crippen LogP contribution in [0.4, 0.5) is 0 Å². The molecule has 15 heavy (non-hydrogen) atoms. The standard InChI is InChI=1S/C11H19NO3/c1-11(2,3)15-10(13)8-6-9-7(12-8)4-5-14-9/h7-9,12H,4-6H2,1-3H3. The summed E-state index contributed by atoms with van der Waals surface area (Å²) < 4.78 is 10.8. The first-order valence-corrected chi connectivity index (χ1v) is 5.56. The summed E-state index contributed by atoms with van der Waals surface area (Å²) in [5.74, 6) is -0.152. The third kappa shape index (κ3) is 2.49. The van der Waals surface area contributed by atoms with Crippen molar-refractivity contribution < 1.29 is 14.3 Å². The molecule has 0 bridgehead atoms. The van der Waals surface area contributed by atoms with Gasteiger partial charge in [0, 0.05) is 19.1 Å². The monoisotopic (exact) mass is 213 g/mol. The van der Waals surface area contributed by atoms with Crippen molar-refractivity contribution in [1.82, 2.24) is 5.32 Å². The van der Waals surface area contributed by atoms with Crippen LogP contribution in [0.2, 0.25) is 0 Å². The summed E-state index contributed by atoms with van der Waals surface area (Å²) in [4.78, 5) is 11.8. The minimum atomic E-state index is -0.405. The number of carbonyl (C=O) groups is 1. The van der Waals surface area contributed by atoms with Crippen LogP contribution < -0.4 is 5.32 Å². The Morgan fingerprint density at radius 3 is 2.80 bits per heavy atom. The first-order chi connectivity index (χ1) is 6.96. The van der Waals surface area contributed by atoms with Gasteiger partial charge in [-0.15, -0.1) is 0 Å². The lowest BCUT2D eigenvalue weighted by Gasteiger charge is -2.22. The second-order valence-electron chi connectivity index (χ2n) is 5.29. The minimum absolute atomic E-state index is 0.152. The van der Waals surface area contributed by atoms with Crippen molar-refractivity contribution in [2.45, 2.75) is 57.4 Å². The summed E-state index contributed by atoms with van der Waals surface area (Å²) in [6, 6.07) is 0.169. The molecule has 4 heteroatoms. The lowest BCUT2D eigenvalue weighted by atomic mass is 10.1. The fraction of sp³-hybridized carbons (Fsp3) is 0.909. The summed E-state index contributed by atoms with van der Waals surface area (Å²) in [5, 5.41) is 3.28. The maximum absolute atomic E-state index is 11.8. The molecule has 0 aromatic rings. The fourth-order valence-corrected chi connectivity index (χ4v) is 2.17. The lowest BCUT2D eigenvalue weighted by molar-refractivity contribution is -0.157. The SMILES string of the molecule is CC(C)(C)OC(=O)C1CC2OCCC2N1. The van der Waals surface area contributed by atoms with E-state index in [-0.39, 0.29) is 18.1 Å². The normalized spacial score (nSPS) is 35.3. The van der Waals surface area contributed by atoms with Gasteiger partial charge in [0.25, 0.3) is 0 Å². The number of ether oxygens (including phenoxy) is 2. The average Bonchev–Trinajstić information content (AvgIpc) is 2.56. The maximum Gasteiger partial charge on any atom is 0.323 e. The van der Waals surface area contributed by atoms with E-state index in [1.165, 1.54) is 0 Å². The van der Waals surface area contributed by atoms with Crippen LogP contribution in [0.1, 0.15) is 33.6 Å². The van der Waals surface area contributed by atoms with E-state index in [4.69, 9.17) is 9.47 Å². The zero-order valence-corrected chi connectivity index (χ0v) is 9.58. The Balaban J connectivity index is 1.88. The van der Waals surface area contributed by atoms with Crippen LogP contribution >= 0.6 is 0 Å². The molecule has 3 unspecified atom stereocenters. The molecule has 2 saturated heterocycles. The molecule has 0 aromatic heterocycles. The molecule has 2 heterocycles. The number of hydrogen-bond acceptors (Lipinski definition) is 4. The predicted octanol–water partition coefficient (Wildman–Crippen LogP) is 0.847. The Labute approximate surface area is 90.3 Å². The second-order valence-corrected chi connectivity index (χ2v) is 5.29. The van der Waals surface area contributed by atoms with E-state index in [0.717, 1.165) is 19.4 Å². The smallest absolute Gasteiger partial charge is 0.323 e. The summed E-state index contributed by atoms with van der Waals surface area (Å²) in [6.45, 7) is 6.47. The molecule has 3 atom stereocenters. The number of hydrogen-bond donors (Lipinski definition) is 1. The summed E-state index contributed by atoms with van der Waals surface area (Å²) in [7, 11) is 0. The third-order valence-electron chi connectivity index (χ3n) is 2.78. The van der Waals surface area contributed by atoms with Gasteiger partial charge < -0.3 is 9.47 Å². The molecule has 0 saturated carbocycles. The summed E-state index contributed by atoms with van der Waals surface area (Å²) >= 11 is 0. The molecule has 1 N–H and O–H groups in total. The van der Waals surface area contributed by atoms with E-state index in [1.807, 2.05) is 20.8 Å². The highest BCUT2D eigenvalue weighted by Crippen LogP contribution is 2.26. The van der Waals surface area contributed by atoms with E-state index in [2.05, 4.69) is 5.32 Å².